The molecule has 4 heteroatoms. The van der Waals surface area contributed by atoms with Gasteiger partial charge in [0.25, 0.3) is 0 Å². The Morgan fingerprint density at radius 1 is 1.33 bits per heavy atom. The van der Waals surface area contributed by atoms with Gasteiger partial charge in [0, 0.05) is 6.04 Å². The van der Waals surface area contributed by atoms with Crippen molar-refractivity contribution >= 4 is 0 Å². The Labute approximate surface area is 89.1 Å². The molecular formula is C11H16FNO2. The Kier molecular flexibility index (Phi) is 4.37. The van der Waals surface area contributed by atoms with Crippen LogP contribution in [0.3, 0.4) is 0 Å². The molecule has 0 aliphatic heterocycles. The first kappa shape index (κ1) is 11.8. The van der Waals surface area contributed by atoms with Gasteiger partial charge in [-0.25, -0.2) is 0 Å². The molecule has 0 aliphatic carbocycles. The van der Waals surface area contributed by atoms with E-state index in [9.17, 15) is 4.48 Å². The molecule has 0 radical (unpaired) electrons. The van der Waals surface area contributed by atoms with Gasteiger partial charge in [0.05, 0.1) is 14.2 Å². The van der Waals surface area contributed by atoms with E-state index in [1.165, 1.54) is 0 Å². The molecule has 0 spiro atoms. The van der Waals surface area contributed by atoms with Crippen molar-refractivity contribution in [3.05, 3.63) is 23.8 Å². The predicted molar refractivity (Wildman–Crippen MR) is 57.0 cm³/mol. The lowest BCUT2D eigenvalue weighted by Gasteiger charge is -2.12. The van der Waals surface area contributed by atoms with E-state index in [1.807, 2.05) is 18.2 Å². The highest BCUT2D eigenvalue weighted by molar-refractivity contribution is 5.40. The maximum absolute atomic E-state index is 12.2. The molecule has 1 N–H and O–H groups in total. The average molecular weight is 213 g/mol. The van der Waals surface area contributed by atoms with E-state index in [-0.39, 0.29) is 6.04 Å². The van der Waals surface area contributed by atoms with Crippen LogP contribution in [0, 0.1) is 0 Å². The fraction of sp³-hybridized carbons (Fsp3) is 0.455. The van der Waals surface area contributed by atoms with Gasteiger partial charge in [0.2, 0.25) is 0 Å². The Balaban J connectivity index is 2.90. The summed E-state index contributed by atoms with van der Waals surface area (Å²) in [6.07, 6.45) is 0.552. The van der Waals surface area contributed by atoms with E-state index < -0.39 is 0 Å². The van der Waals surface area contributed by atoms with Crippen LogP contribution in [0.15, 0.2) is 18.2 Å². The summed E-state index contributed by atoms with van der Waals surface area (Å²) in [5.41, 5.74) is 2.63. The van der Waals surface area contributed by atoms with Crippen LogP contribution in [0.1, 0.15) is 12.5 Å². The molecular weight excluding hydrogens is 197 g/mol. The second-order valence-electron chi connectivity index (χ2n) is 3.39. The lowest BCUT2D eigenvalue weighted by atomic mass is 10.1. The summed E-state index contributed by atoms with van der Waals surface area (Å²) in [5.74, 6) is 1.50. The van der Waals surface area contributed by atoms with Crippen LogP contribution < -0.4 is 15.0 Å². The monoisotopic (exact) mass is 213 g/mol. The minimum Gasteiger partial charge on any atom is -0.497 e. The van der Waals surface area contributed by atoms with E-state index >= 15 is 0 Å². The lowest BCUT2D eigenvalue weighted by molar-refractivity contribution is 0.279. The molecule has 1 aromatic rings. The molecule has 3 nitrogen and oxygen atoms in total. The van der Waals surface area contributed by atoms with Crippen molar-refractivity contribution in [2.75, 3.05) is 14.2 Å². The molecule has 84 valence electrons. The first-order valence-electron chi connectivity index (χ1n) is 4.78. The summed E-state index contributed by atoms with van der Waals surface area (Å²) in [4.78, 5) is 0. The largest absolute Gasteiger partial charge is 0.497 e. The summed E-state index contributed by atoms with van der Waals surface area (Å²) in [6, 6.07) is 5.24. The van der Waals surface area contributed by atoms with Crippen LogP contribution in [0.2, 0.25) is 0 Å². The smallest absolute Gasteiger partial charge is 0.122 e. The van der Waals surface area contributed by atoms with Crippen molar-refractivity contribution in [1.82, 2.24) is 5.54 Å². The minimum atomic E-state index is -0.244. The van der Waals surface area contributed by atoms with E-state index in [4.69, 9.17) is 9.47 Å². The number of methoxy groups -OCH3 is 2. The van der Waals surface area contributed by atoms with E-state index in [0.29, 0.717) is 6.42 Å². The Hall–Kier alpha value is -1.29. The molecule has 1 rings (SSSR count). The molecule has 0 saturated carbocycles. The number of benzene rings is 1. The average Bonchev–Trinajstić information content (AvgIpc) is 2.28. The molecule has 1 atom stereocenters. The molecule has 1 unspecified atom stereocenters. The van der Waals surface area contributed by atoms with Crippen molar-refractivity contribution in [2.24, 2.45) is 0 Å². The number of ether oxygens (including phenoxy) is 2. The van der Waals surface area contributed by atoms with Crippen molar-refractivity contribution in [1.29, 1.82) is 0 Å². The predicted octanol–water partition coefficient (Wildman–Crippen LogP) is 2.11. The summed E-state index contributed by atoms with van der Waals surface area (Å²) >= 11 is 0. The van der Waals surface area contributed by atoms with Crippen molar-refractivity contribution in [3.63, 3.8) is 0 Å². The van der Waals surface area contributed by atoms with E-state index in [0.717, 1.165) is 17.1 Å². The molecule has 1 aromatic carbocycles. The highest BCUT2D eigenvalue weighted by Gasteiger charge is 2.09. The molecule has 0 amide bonds. The minimum absolute atomic E-state index is 0.244. The number of nitrogens with one attached hydrogen (secondary N) is 1. The molecule has 0 bridgehead atoms. The maximum Gasteiger partial charge on any atom is 0.122 e. The van der Waals surface area contributed by atoms with Crippen molar-refractivity contribution in [2.45, 2.75) is 19.4 Å². The molecule has 0 aromatic heterocycles. The highest BCUT2D eigenvalue weighted by atomic mass is 19.2. The number of hydrogen-bond donors (Lipinski definition) is 1. The normalized spacial score (nSPS) is 12.3. The SMILES string of the molecule is COc1ccc(OC)c(CC(C)NF)c1. The standard InChI is InChI=1S/C11H16FNO2/c1-8(13-12)6-9-7-10(14-2)4-5-11(9)15-3/h4-5,7-8,13H,6H2,1-3H3. The van der Waals surface area contributed by atoms with Crippen LogP contribution in [0.4, 0.5) is 4.48 Å². The molecule has 0 fully saturated rings. The van der Waals surface area contributed by atoms with E-state index in [1.54, 1.807) is 26.7 Å². The van der Waals surface area contributed by atoms with Gasteiger partial charge in [-0.05, 0) is 37.1 Å². The topological polar surface area (TPSA) is 30.5 Å². The Morgan fingerprint density at radius 3 is 2.60 bits per heavy atom. The van der Waals surface area contributed by atoms with Gasteiger partial charge in [0.15, 0.2) is 0 Å². The molecule has 0 saturated heterocycles. The van der Waals surface area contributed by atoms with Gasteiger partial charge < -0.3 is 9.47 Å². The fourth-order valence-electron chi connectivity index (χ4n) is 1.41. The van der Waals surface area contributed by atoms with E-state index in [2.05, 4.69) is 0 Å². The van der Waals surface area contributed by atoms with Gasteiger partial charge in [0.1, 0.15) is 11.5 Å². The summed E-state index contributed by atoms with van der Waals surface area (Å²) in [5, 5.41) is 0. The molecule has 0 heterocycles. The van der Waals surface area contributed by atoms with Gasteiger partial charge in [-0.2, -0.15) is 5.54 Å². The lowest BCUT2D eigenvalue weighted by Crippen LogP contribution is -2.20. The van der Waals surface area contributed by atoms with Gasteiger partial charge in [-0.15, -0.1) is 4.48 Å². The maximum atomic E-state index is 12.2. The highest BCUT2D eigenvalue weighted by Crippen LogP contribution is 2.24. The van der Waals surface area contributed by atoms with Gasteiger partial charge >= 0.3 is 0 Å². The zero-order valence-electron chi connectivity index (χ0n) is 9.21. The third-order valence-corrected chi connectivity index (χ3v) is 2.20. The van der Waals surface area contributed by atoms with Crippen LogP contribution >= 0.6 is 0 Å². The summed E-state index contributed by atoms with van der Waals surface area (Å²) < 4.78 is 22.5. The zero-order chi connectivity index (χ0) is 11.3. The van der Waals surface area contributed by atoms with Crippen LogP contribution in [-0.4, -0.2) is 20.3 Å². The fourth-order valence-corrected chi connectivity index (χ4v) is 1.41. The second-order valence-corrected chi connectivity index (χ2v) is 3.39. The number of hydrogen-bond acceptors (Lipinski definition) is 3. The summed E-state index contributed by atoms with van der Waals surface area (Å²) in [6.45, 7) is 1.76. The van der Waals surface area contributed by atoms with Crippen molar-refractivity contribution < 1.29 is 14.0 Å². The Bertz CT molecular complexity index is 317. The van der Waals surface area contributed by atoms with Crippen LogP contribution in [0.25, 0.3) is 0 Å². The third kappa shape index (κ3) is 3.09. The van der Waals surface area contributed by atoms with Gasteiger partial charge in [-0.1, -0.05) is 0 Å². The third-order valence-electron chi connectivity index (χ3n) is 2.20. The first-order valence-corrected chi connectivity index (χ1v) is 4.78. The number of halogens is 1. The van der Waals surface area contributed by atoms with Crippen LogP contribution in [-0.2, 0) is 6.42 Å². The first-order chi connectivity index (χ1) is 7.21. The molecule has 15 heavy (non-hydrogen) atoms. The second kappa shape index (κ2) is 5.56. The van der Waals surface area contributed by atoms with Crippen molar-refractivity contribution in [3.8, 4) is 11.5 Å². The quantitative estimate of drug-likeness (QED) is 0.760. The Morgan fingerprint density at radius 2 is 2.07 bits per heavy atom. The van der Waals surface area contributed by atoms with Gasteiger partial charge in [-0.3, -0.25) is 0 Å². The zero-order valence-corrected chi connectivity index (χ0v) is 9.21. The number of rotatable bonds is 5. The summed E-state index contributed by atoms with van der Waals surface area (Å²) in [7, 11) is 3.20. The van der Waals surface area contributed by atoms with Crippen LogP contribution in [0.5, 0.6) is 11.5 Å². The molecule has 0 aliphatic rings.